The highest BCUT2D eigenvalue weighted by atomic mass is 16.4. The van der Waals surface area contributed by atoms with Crippen molar-refractivity contribution in [1.29, 1.82) is 0 Å². The molecule has 0 aromatic carbocycles. The van der Waals surface area contributed by atoms with Crippen LogP contribution in [0.5, 0.6) is 5.75 Å². The van der Waals surface area contributed by atoms with Gasteiger partial charge in [0, 0.05) is 12.7 Å². The summed E-state index contributed by atoms with van der Waals surface area (Å²) < 4.78 is 0. The Hall–Kier alpha value is -2.64. The largest absolute Gasteiger partial charge is 0.505 e. The number of rotatable bonds is 2. The molecule has 1 aromatic heterocycles. The summed E-state index contributed by atoms with van der Waals surface area (Å²) in [6.45, 7) is -0.524. The van der Waals surface area contributed by atoms with Crippen LogP contribution in [0.15, 0.2) is 18.5 Å². The Morgan fingerprint density at radius 1 is 1.47 bits per heavy atom. The fourth-order valence-electron chi connectivity index (χ4n) is 1.80. The fourth-order valence-corrected chi connectivity index (χ4v) is 1.80. The highest BCUT2D eigenvalue weighted by molar-refractivity contribution is 6.01. The summed E-state index contributed by atoms with van der Waals surface area (Å²) in [5.74, 6) is -2.74. The molecule has 2 rings (SSSR count). The number of carbonyl (C=O) groups is 3. The number of aromatic hydroxyl groups is 1. The van der Waals surface area contributed by atoms with Gasteiger partial charge in [-0.2, -0.15) is 0 Å². The van der Waals surface area contributed by atoms with E-state index in [9.17, 15) is 19.5 Å². The number of carbonyl (C=O) groups excluding carboxylic acids is 2. The van der Waals surface area contributed by atoms with E-state index in [1.165, 1.54) is 12.3 Å². The summed E-state index contributed by atoms with van der Waals surface area (Å²) in [6, 6.07) is 0.112. The lowest BCUT2D eigenvalue weighted by Gasteiger charge is -2.32. The van der Waals surface area contributed by atoms with Crippen LogP contribution in [0.4, 0.5) is 0 Å². The quantitative estimate of drug-likeness (QED) is 0.618. The minimum atomic E-state index is -1.22. The van der Waals surface area contributed by atoms with Crippen molar-refractivity contribution >= 4 is 17.8 Å². The summed E-state index contributed by atoms with van der Waals surface area (Å²) in [5.41, 5.74) is -0.0871. The van der Waals surface area contributed by atoms with E-state index in [0.29, 0.717) is 0 Å². The zero-order chi connectivity index (χ0) is 14.0. The zero-order valence-electron chi connectivity index (χ0n) is 9.74. The molecular formula is C11H11N3O5. The number of amides is 2. The van der Waals surface area contributed by atoms with Gasteiger partial charge in [-0.1, -0.05) is 0 Å². The van der Waals surface area contributed by atoms with Crippen molar-refractivity contribution in [1.82, 2.24) is 15.2 Å². The van der Waals surface area contributed by atoms with Gasteiger partial charge in [-0.05, 0) is 6.07 Å². The number of nitrogens with one attached hydrogen (secondary N) is 1. The maximum atomic E-state index is 12.2. The highest BCUT2D eigenvalue weighted by Crippen LogP contribution is 2.18. The van der Waals surface area contributed by atoms with Gasteiger partial charge in [0.05, 0.1) is 11.8 Å². The fraction of sp³-hybridized carbons (Fsp3) is 0.273. The first kappa shape index (κ1) is 12.8. The van der Waals surface area contributed by atoms with E-state index in [2.05, 4.69) is 10.3 Å². The summed E-state index contributed by atoms with van der Waals surface area (Å²) in [7, 11) is 0. The standard InChI is InChI=1S/C11H11N3O5/c15-8-4-12-2-1-6(8)10(17)14-5-9(16)13-3-7(14)11(18)19/h1-2,4,7,15H,3,5H2,(H,13,16)(H,18,19). The van der Waals surface area contributed by atoms with E-state index in [1.54, 1.807) is 0 Å². The van der Waals surface area contributed by atoms with Gasteiger partial charge < -0.3 is 20.4 Å². The van der Waals surface area contributed by atoms with E-state index < -0.39 is 23.8 Å². The lowest BCUT2D eigenvalue weighted by molar-refractivity contribution is -0.144. The van der Waals surface area contributed by atoms with E-state index in [1.807, 2.05) is 0 Å². The second-order valence-corrected chi connectivity index (χ2v) is 3.98. The first-order chi connectivity index (χ1) is 9.00. The lowest BCUT2D eigenvalue weighted by atomic mass is 10.1. The van der Waals surface area contributed by atoms with Crippen LogP contribution in [0.1, 0.15) is 10.4 Å². The molecule has 0 radical (unpaired) electrons. The van der Waals surface area contributed by atoms with Crippen LogP contribution >= 0.6 is 0 Å². The van der Waals surface area contributed by atoms with Gasteiger partial charge in [0.25, 0.3) is 5.91 Å². The molecule has 0 spiro atoms. The third-order valence-electron chi connectivity index (χ3n) is 2.76. The Morgan fingerprint density at radius 2 is 2.21 bits per heavy atom. The van der Waals surface area contributed by atoms with Crippen LogP contribution in [0.25, 0.3) is 0 Å². The first-order valence-electron chi connectivity index (χ1n) is 5.44. The van der Waals surface area contributed by atoms with E-state index in [-0.39, 0.29) is 24.4 Å². The van der Waals surface area contributed by atoms with Crippen LogP contribution in [-0.2, 0) is 9.59 Å². The Balaban J connectivity index is 2.32. The molecule has 1 aromatic rings. The molecule has 2 heterocycles. The molecule has 0 bridgehead atoms. The van der Waals surface area contributed by atoms with Crippen molar-refractivity contribution < 1.29 is 24.6 Å². The number of hydrogen-bond acceptors (Lipinski definition) is 5. The summed E-state index contributed by atoms with van der Waals surface area (Å²) in [5, 5.41) is 21.0. The number of nitrogens with zero attached hydrogens (tertiary/aromatic N) is 2. The van der Waals surface area contributed by atoms with E-state index >= 15 is 0 Å². The third kappa shape index (κ3) is 2.46. The Labute approximate surface area is 107 Å². The molecule has 3 N–H and O–H groups in total. The Bertz CT molecular complexity index is 545. The normalized spacial score (nSPS) is 18.8. The van der Waals surface area contributed by atoms with Gasteiger partial charge in [0.1, 0.15) is 18.3 Å². The molecule has 1 unspecified atom stereocenters. The first-order valence-corrected chi connectivity index (χ1v) is 5.44. The molecule has 8 heteroatoms. The van der Waals surface area contributed by atoms with Gasteiger partial charge in [0.15, 0.2) is 0 Å². The van der Waals surface area contributed by atoms with Crippen LogP contribution in [0, 0.1) is 0 Å². The number of aromatic nitrogens is 1. The molecule has 8 nitrogen and oxygen atoms in total. The maximum Gasteiger partial charge on any atom is 0.328 e. The Kier molecular flexibility index (Phi) is 3.32. The lowest BCUT2D eigenvalue weighted by Crippen LogP contribution is -2.59. The molecule has 100 valence electrons. The van der Waals surface area contributed by atoms with E-state index in [4.69, 9.17) is 5.11 Å². The summed E-state index contributed by atoms with van der Waals surface area (Å²) in [4.78, 5) is 39.1. The SMILES string of the molecule is O=C1CN(C(=O)c2ccncc2O)C(C(=O)O)CN1. The van der Waals surface area contributed by atoms with Crippen LogP contribution in [-0.4, -0.2) is 57.0 Å². The van der Waals surface area contributed by atoms with E-state index in [0.717, 1.165) is 11.1 Å². The minimum Gasteiger partial charge on any atom is -0.505 e. The van der Waals surface area contributed by atoms with Crippen molar-refractivity contribution in [2.45, 2.75) is 6.04 Å². The van der Waals surface area contributed by atoms with Gasteiger partial charge >= 0.3 is 5.97 Å². The van der Waals surface area contributed by atoms with Crippen LogP contribution in [0.2, 0.25) is 0 Å². The number of aliphatic carboxylic acids is 1. The highest BCUT2D eigenvalue weighted by Gasteiger charge is 2.36. The molecule has 0 aliphatic carbocycles. The van der Waals surface area contributed by atoms with Crippen molar-refractivity contribution in [3.05, 3.63) is 24.0 Å². The maximum absolute atomic E-state index is 12.2. The van der Waals surface area contributed by atoms with Crippen molar-refractivity contribution in [2.75, 3.05) is 13.1 Å². The predicted molar refractivity (Wildman–Crippen MR) is 61.4 cm³/mol. The monoisotopic (exact) mass is 265 g/mol. The van der Waals surface area contributed by atoms with Gasteiger partial charge in [-0.3, -0.25) is 14.6 Å². The number of carboxylic acid groups (broad SMARTS) is 1. The number of piperazine rings is 1. The van der Waals surface area contributed by atoms with Gasteiger partial charge in [0.2, 0.25) is 5.91 Å². The molecule has 1 atom stereocenters. The number of hydrogen-bond donors (Lipinski definition) is 3. The average molecular weight is 265 g/mol. The van der Waals surface area contributed by atoms with Crippen molar-refractivity contribution in [2.24, 2.45) is 0 Å². The molecular weight excluding hydrogens is 254 g/mol. The molecule has 2 amide bonds. The summed E-state index contributed by atoms with van der Waals surface area (Å²) in [6.07, 6.45) is 2.37. The topological polar surface area (TPSA) is 120 Å². The predicted octanol–water partition coefficient (Wildman–Crippen LogP) is -1.19. The molecule has 1 fully saturated rings. The van der Waals surface area contributed by atoms with Crippen molar-refractivity contribution in [3.63, 3.8) is 0 Å². The smallest absolute Gasteiger partial charge is 0.328 e. The zero-order valence-corrected chi connectivity index (χ0v) is 9.74. The summed E-state index contributed by atoms with van der Waals surface area (Å²) >= 11 is 0. The van der Waals surface area contributed by atoms with Crippen molar-refractivity contribution in [3.8, 4) is 5.75 Å². The molecule has 19 heavy (non-hydrogen) atoms. The number of carboxylic acids is 1. The third-order valence-corrected chi connectivity index (χ3v) is 2.76. The molecule has 1 aliphatic heterocycles. The molecule has 1 saturated heterocycles. The number of pyridine rings is 1. The molecule has 0 saturated carbocycles. The van der Waals surface area contributed by atoms with Crippen LogP contribution in [0.3, 0.4) is 0 Å². The second kappa shape index (κ2) is 4.92. The van der Waals surface area contributed by atoms with Gasteiger partial charge in [-0.25, -0.2) is 4.79 Å². The minimum absolute atomic E-state index is 0.0871. The second-order valence-electron chi connectivity index (χ2n) is 3.98. The average Bonchev–Trinajstić information content (AvgIpc) is 2.38. The Morgan fingerprint density at radius 3 is 2.84 bits per heavy atom. The van der Waals surface area contributed by atoms with Crippen LogP contribution < -0.4 is 5.32 Å². The van der Waals surface area contributed by atoms with Gasteiger partial charge in [-0.15, -0.1) is 0 Å². The molecule has 1 aliphatic rings.